The maximum Gasteiger partial charge on any atom is 0.248 e. The van der Waals surface area contributed by atoms with Gasteiger partial charge in [0.25, 0.3) is 0 Å². The van der Waals surface area contributed by atoms with Crippen LogP contribution in [0.1, 0.15) is 101 Å². The molecule has 5 heterocycles. The van der Waals surface area contributed by atoms with Crippen LogP contribution in [0, 0.1) is 0 Å². The molecule has 6 aromatic carbocycles. The molecule has 0 saturated heterocycles. The van der Waals surface area contributed by atoms with Crippen LogP contribution in [0.4, 0.5) is 11.4 Å². The van der Waals surface area contributed by atoms with E-state index in [1.165, 1.54) is 32.1 Å². The summed E-state index contributed by atoms with van der Waals surface area (Å²) in [5, 5.41) is 25.7. The molecule has 0 N–H and O–H groups in total. The minimum atomic E-state index is 0.436. The maximum absolute atomic E-state index is 6.88. The molecular weight excluding hydrogens is 1130 g/mol. The number of fused-ring (bicyclic) bond motifs is 7. The third-order valence-electron chi connectivity index (χ3n) is 18.7. The number of hydrogen-bond acceptors (Lipinski definition) is 10. The minimum absolute atomic E-state index is 0.436. The highest BCUT2D eigenvalue weighted by Gasteiger charge is 2.27. The van der Waals surface area contributed by atoms with Gasteiger partial charge in [-0.1, -0.05) is 75.4 Å². The molecule has 13 nitrogen and oxygen atoms in total. The van der Waals surface area contributed by atoms with Gasteiger partial charge in [0.2, 0.25) is 34.3 Å². The van der Waals surface area contributed by atoms with Crippen LogP contribution in [0.15, 0.2) is 175 Å². The fourth-order valence-electron chi connectivity index (χ4n) is 13.8. The van der Waals surface area contributed by atoms with Crippen LogP contribution in [0.25, 0.3) is 134 Å². The average Bonchev–Trinajstić information content (AvgIpc) is 1.58. The molecule has 2 aliphatic carbocycles. The van der Waals surface area contributed by atoms with Crippen LogP contribution in [-0.2, 0) is 6.54 Å². The van der Waals surface area contributed by atoms with E-state index in [2.05, 4.69) is 231 Å². The summed E-state index contributed by atoms with van der Waals surface area (Å²) < 4.78 is 34.6. The Labute approximate surface area is 532 Å². The topological polar surface area (TPSA) is 122 Å². The molecule has 0 bridgehead atoms. The van der Waals surface area contributed by atoms with E-state index >= 15 is 0 Å². The van der Waals surface area contributed by atoms with Gasteiger partial charge in [-0.2, -0.15) is 0 Å². The number of nitrogens with zero attached hydrogens (tertiary/aromatic N) is 9. The number of aryl methyl sites for hydroxylation is 1. The largest absolute Gasteiger partial charge is 0.456 e. The Bertz CT molecular complexity index is 4550. The van der Waals surface area contributed by atoms with Gasteiger partial charge in [0.1, 0.15) is 48.9 Å². The van der Waals surface area contributed by atoms with Crippen molar-refractivity contribution in [2.75, 3.05) is 62.2 Å². The first-order chi connectivity index (χ1) is 44.7. The fraction of sp³-hybridized carbons (Fsp3) is 0.308. The molecule has 0 spiro atoms. The molecule has 462 valence electrons. The van der Waals surface area contributed by atoms with Crippen LogP contribution in [0.2, 0.25) is 0 Å². The normalized spacial score (nSPS) is 11.8. The zero-order valence-corrected chi connectivity index (χ0v) is 54.3. The Morgan fingerprint density at radius 1 is 0.363 bits per heavy atom. The molecule has 4 aliphatic rings. The lowest BCUT2D eigenvalue weighted by Gasteiger charge is -2.22. The molecule has 0 radical (unpaired) electrons. The van der Waals surface area contributed by atoms with Crippen LogP contribution < -0.4 is 29.7 Å². The molecule has 13 heteroatoms. The molecule has 0 atom stereocenters. The van der Waals surface area contributed by atoms with Crippen molar-refractivity contribution in [1.82, 2.24) is 34.1 Å². The number of rotatable bonds is 23. The van der Waals surface area contributed by atoms with Crippen molar-refractivity contribution >= 4 is 55.1 Å². The zero-order chi connectivity index (χ0) is 62.7. The van der Waals surface area contributed by atoms with Crippen LogP contribution >= 0.6 is 0 Å². The standard InChI is InChI=1S/C78H83N9O4/c1-10-19-20-21-22-27-44-87-67-42-32-51(75-79-81-77(90-75)59-30-25-23-28-57(59)73-61-38-34-53(83(11-2)12-3)47-69(61)88-70-48-54(35-39-62(70)73)84(13-4)14-5)45-65(67)66-46-52(33-43-68(66)87)76-80-82-78(91-76)60-31-26-24-29-58(60)74-63-40-36-55(85(15-6)16-7)49-71(63)89-72-50-56(37-41-64(72)74)86(17-8)18-9/h23-26,28-43,45-50H,10-22,27,44H2,1-9H3/q+2. The molecule has 9 aromatic rings. The maximum atomic E-state index is 6.88. The Morgan fingerprint density at radius 2 is 0.780 bits per heavy atom. The summed E-state index contributed by atoms with van der Waals surface area (Å²) in [5.74, 6) is 3.38. The van der Waals surface area contributed by atoms with Gasteiger partial charge in [-0.25, -0.2) is 9.15 Å². The van der Waals surface area contributed by atoms with Gasteiger partial charge >= 0.3 is 0 Å². The summed E-state index contributed by atoms with van der Waals surface area (Å²) in [6.07, 6.45) is 7.23. The monoisotopic (exact) mass is 1210 g/mol. The third-order valence-corrected chi connectivity index (χ3v) is 18.7. The second kappa shape index (κ2) is 26.4. The van der Waals surface area contributed by atoms with Gasteiger partial charge in [-0.15, -0.1) is 20.4 Å². The number of aromatic nitrogens is 5. The molecule has 91 heavy (non-hydrogen) atoms. The number of benzene rings is 8. The minimum Gasteiger partial charge on any atom is -0.456 e. The van der Waals surface area contributed by atoms with E-state index in [1.54, 1.807) is 0 Å². The number of hydrogen-bond donors (Lipinski definition) is 0. The predicted octanol–water partition coefficient (Wildman–Crippen LogP) is 17.9. The summed E-state index contributed by atoms with van der Waals surface area (Å²) in [4.78, 5) is 4.70. The average molecular weight is 1210 g/mol. The Hall–Kier alpha value is -9.62. The van der Waals surface area contributed by atoms with E-state index in [0.717, 1.165) is 198 Å². The van der Waals surface area contributed by atoms with Gasteiger partial charge < -0.3 is 32.0 Å². The molecule has 3 aromatic heterocycles. The van der Waals surface area contributed by atoms with E-state index in [1.807, 2.05) is 12.1 Å². The smallest absolute Gasteiger partial charge is 0.248 e. The molecule has 0 amide bonds. The first-order valence-electron chi connectivity index (χ1n) is 33.3. The quantitative estimate of drug-likeness (QED) is 0.0348. The first kappa shape index (κ1) is 60.3. The fourth-order valence-corrected chi connectivity index (χ4v) is 13.8. The summed E-state index contributed by atoms with van der Waals surface area (Å²) in [5.41, 5.74) is 15.6. The van der Waals surface area contributed by atoms with Gasteiger partial charge in [0, 0.05) is 145 Å². The highest BCUT2D eigenvalue weighted by Crippen LogP contribution is 2.47. The summed E-state index contributed by atoms with van der Waals surface area (Å²) >= 11 is 0. The van der Waals surface area contributed by atoms with Crippen molar-refractivity contribution in [3.63, 3.8) is 0 Å². The SMILES string of the molecule is CCCCCCCCn1c2ccc(-c3nnc(-c4ccccc4-c4c5ccc(=[N+](CC)CC)cc-5oc5cc(N(CC)CC)ccc45)o3)cc2c2cc(-c3nnc(-c4ccccc4-c4c5ccc(=[N+](CC)CC)cc-5oc5cc(N(CC)CC)ccc45)o3)ccc21. The van der Waals surface area contributed by atoms with Crippen molar-refractivity contribution in [3.8, 4) is 90.7 Å². The molecule has 0 unspecified atom stereocenters. The zero-order valence-electron chi connectivity index (χ0n) is 54.3. The Balaban J connectivity index is 0.899. The summed E-state index contributed by atoms with van der Waals surface area (Å²) in [6, 6.07) is 56.1. The number of unbranched alkanes of at least 4 members (excludes halogenated alkanes) is 5. The Morgan fingerprint density at radius 3 is 1.21 bits per heavy atom. The highest BCUT2D eigenvalue weighted by molar-refractivity contribution is 6.11. The van der Waals surface area contributed by atoms with Crippen LogP contribution in [0.3, 0.4) is 0 Å². The lowest BCUT2D eigenvalue weighted by atomic mass is 9.90. The molecule has 0 saturated carbocycles. The van der Waals surface area contributed by atoms with Crippen molar-refractivity contribution in [3.05, 3.63) is 168 Å². The van der Waals surface area contributed by atoms with Crippen molar-refractivity contribution in [1.29, 1.82) is 0 Å². The number of anilines is 2. The third kappa shape index (κ3) is 11.4. The van der Waals surface area contributed by atoms with Gasteiger partial charge in [0.05, 0.1) is 12.1 Å². The van der Waals surface area contributed by atoms with E-state index in [4.69, 9.17) is 38.1 Å². The molecule has 0 fully saturated rings. The van der Waals surface area contributed by atoms with Crippen molar-refractivity contribution in [2.24, 2.45) is 0 Å². The summed E-state index contributed by atoms with van der Waals surface area (Å²) in [6.45, 7) is 27.8. The second-order valence-corrected chi connectivity index (χ2v) is 23.7. The van der Waals surface area contributed by atoms with Crippen molar-refractivity contribution in [2.45, 2.75) is 107 Å². The first-order valence-corrected chi connectivity index (χ1v) is 33.3. The van der Waals surface area contributed by atoms with E-state index < -0.39 is 0 Å². The molecule has 2 aliphatic heterocycles. The van der Waals surface area contributed by atoms with E-state index in [9.17, 15) is 0 Å². The van der Waals surface area contributed by atoms with Gasteiger partial charge in [-0.3, -0.25) is 0 Å². The second-order valence-electron chi connectivity index (χ2n) is 23.7. The van der Waals surface area contributed by atoms with Gasteiger partial charge in [-0.05, 0) is 158 Å². The van der Waals surface area contributed by atoms with Crippen molar-refractivity contribution < 1.29 is 17.7 Å². The van der Waals surface area contributed by atoms with Crippen LogP contribution in [-0.4, -0.2) is 77.3 Å². The van der Waals surface area contributed by atoms with Crippen LogP contribution in [0.5, 0.6) is 0 Å². The molecule has 13 rings (SSSR count). The Kier molecular flexibility index (Phi) is 17.5. The van der Waals surface area contributed by atoms with Gasteiger partial charge in [0.15, 0.2) is 0 Å². The predicted molar refractivity (Wildman–Crippen MR) is 374 cm³/mol. The lowest BCUT2D eigenvalue weighted by Crippen LogP contribution is -2.29. The van der Waals surface area contributed by atoms with E-state index in [0.29, 0.717) is 23.6 Å². The highest BCUT2D eigenvalue weighted by atomic mass is 16.4. The molecular formula is C78H83N9O4+2. The van der Waals surface area contributed by atoms with E-state index in [-0.39, 0.29) is 0 Å². The lowest BCUT2D eigenvalue weighted by molar-refractivity contribution is 0.571. The summed E-state index contributed by atoms with van der Waals surface area (Å²) in [7, 11) is 0.